The Morgan fingerprint density at radius 2 is 0.844 bits per heavy atom. The van der Waals surface area contributed by atoms with Gasteiger partial charge in [-0.25, -0.2) is 0 Å². The van der Waals surface area contributed by atoms with E-state index >= 15 is 0 Å². The van der Waals surface area contributed by atoms with Crippen LogP contribution in [0.25, 0.3) is 0 Å². The summed E-state index contributed by atoms with van der Waals surface area (Å²) in [4.78, 5) is 25.5. The number of aliphatic hydroxyl groups is 4. The van der Waals surface area contributed by atoms with Crippen LogP contribution in [0.3, 0.4) is 0 Å². The molecular weight excluding hydrogens is 809 g/mol. The molecular formula is C54H102O10. The second-order valence-electron chi connectivity index (χ2n) is 19.0. The van der Waals surface area contributed by atoms with Gasteiger partial charge in [-0.1, -0.05) is 231 Å². The highest BCUT2D eigenvalue weighted by Gasteiger charge is 2.44. The number of hydrogen-bond acceptors (Lipinski definition) is 10. The zero-order valence-electron chi connectivity index (χ0n) is 41.6. The van der Waals surface area contributed by atoms with E-state index in [1.165, 1.54) is 193 Å². The fraction of sp³-hybridized carbons (Fsp3) is 0.926. The summed E-state index contributed by atoms with van der Waals surface area (Å²) in [6, 6.07) is 0. The first-order valence-corrected chi connectivity index (χ1v) is 27.3. The molecule has 0 amide bonds. The van der Waals surface area contributed by atoms with Crippen LogP contribution in [-0.2, 0) is 28.5 Å². The molecule has 1 fully saturated rings. The van der Waals surface area contributed by atoms with E-state index in [-0.39, 0.29) is 26.1 Å². The minimum atomic E-state index is -1.60. The fourth-order valence-corrected chi connectivity index (χ4v) is 8.61. The van der Waals surface area contributed by atoms with Crippen LogP contribution in [0.2, 0.25) is 0 Å². The lowest BCUT2D eigenvalue weighted by Gasteiger charge is -2.39. The first kappa shape index (κ1) is 60.5. The van der Waals surface area contributed by atoms with Crippen molar-refractivity contribution in [1.82, 2.24) is 0 Å². The van der Waals surface area contributed by atoms with Crippen LogP contribution in [0, 0.1) is 0 Å². The molecule has 2 unspecified atom stereocenters. The van der Waals surface area contributed by atoms with E-state index in [1.807, 2.05) is 0 Å². The third-order valence-corrected chi connectivity index (χ3v) is 12.9. The largest absolute Gasteiger partial charge is 0.462 e. The van der Waals surface area contributed by atoms with Gasteiger partial charge in [-0.2, -0.15) is 0 Å². The number of ether oxygens (including phenoxy) is 4. The van der Waals surface area contributed by atoms with Crippen molar-refractivity contribution in [2.75, 3.05) is 19.8 Å². The van der Waals surface area contributed by atoms with Crippen LogP contribution >= 0.6 is 0 Å². The molecule has 0 radical (unpaired) electrons. The molecule has 0 bridgehead atoms. The Hall–Kier alpha value is -1.56. The van der Waals surface area contributed by atoms with E-state index in [1.54, 1.807) is 0 Å². The van der Waals surface area contributed by atoms with E-state index < -0.39 is 55.4 Å². The molecule has 10 nitrogen and oxygen atoms in total. The number of allylic oxidation sites excluding steroid dienone is 2. The predicted octanol–water partition coefficient (Wildman–Crippen LogP) is 13.1. The molecule has 0 spiro atoms. The fourth-order valence-electron chi connectivity index (χ4n) is 8.61. The van der Waals surface area contributed by atoms with Crippen molar-refractivity contribution in [2.45, 2.75) is 301 Å². The van der Waals surface area contributed by atoms with Crippen molar-refractivity contribution in [3.05, 3.63) is 12.2 Å². The number of unbranched alkanes of at least 4 members (excludes halogenated alkanes) is 34. The van der Waals surface area contributed by atoms with Gasteiger partial charge in [-0.3, -0.25) is 9.59 Å². The van der Waals surface area contributed by atoms with Gasteiger partial charge in [-0.15, -0.1) is 0 Å². The lowest BCUT2D eigenvalue weighted by molar-refractivity contribution is -0.305. The minimum absolute atomic E-state index is 0.226. The molecule has 1 heterocycles. The van der Waals surface area contributed by atoms with Gasteiger partial charge in [0.05, 0.1) is 13.2 Å². The molecule has 1 rings (SSSR count). The standard InChI is InChI=1S/C54H102O10/c1-3-5-7-9-11-13-15-17-19-21-22-23-24-25-26-27-29-30-32-34-36-38-40-42-49(56)61-45-47(46-62-54-53(60)52(59)51(58)48(44-55)64-54)63-50(57)43-41-39-37-35-33-31-28-20-18-16-14-12-10-8-6-4-2/h34,36,47-48,51-55,58-60H,3-33,35,37-46H2,1-2H3/b36-34+/t47-,48-,51+,52?,53?,54-/m0/s1. The summed E-state index contributed by atoms with van der Waals surface area (Å²) >= 11 is 0. The smallest absolute Gasteiger partial charge is 0.306 e. The summed E-state index contributed by atoms with van der Waals surface area (Å²) in [6.45, 7) is 3.45. The number of hydrogen-bond donors (Lipinski definition) is 4. The van der Waals surface area contributed by atoms with Crippen LogP contribution in [0.1, 0.15) is 264 Å². The van der Waals surface area contributed by atoms with Crippen molar-refractivity contribution in [3.8, 4) is 0 Å². The Morgan fingerprint density at radius 3 is 1.27 bits per heavy atom. The molecule has 64 heavy (non-hydrogen) atoms. The summed E-state index contributed by atoms with van der Waals surface area (Å²) in [7, 11) is 0. The number of rotatable bonds is 47. The van der Waals surface area contributed by atoms with Crippen LogP contribution in [0.5, 0.6) is 0 Å². The van der Waals surface area contributed by atoms with Crippen molar-refractivity contribution >= 4 is 11.9 Å². The highest BCUT2D eigenvalue weighted by Crippen LogP contribution is 2.23. The summed E-state index contributed by atoms with van der Waals surface area (Å²) in [6.07, 6.45) is 43.8. The first-order valence-electron chi connectivity index (χ1n) is 27.3. The van der Waals surface area contributed by atoms with Gasteiger partial charge in [0.25, 0.3) is 0 Å². The van der Waals surface area contributed by atoms with Crippen molar-refractivity contribution in [3.63, 3.8) is 0 Å². The maximum Gasteiger partial charge on any atom is 0.306 e. The Morgan fingerprint density at radius 1 is 0.469 bits per heavy atom. The normalized spacial score (nSPS) is 19.4. The monoisotopic (exact) mass is 911 g/mol. The summed E-state index contributed by atoms with van der Waals surface area (Å²) < 4.78 is 22.2. The van der Waals surface area contributed by atoms with Gasteiger partial charge in [0, 0.05) is 12.8 Å². The summed E-state index contributed by atoms with van der Waals surface area (Å²) in [5.41, 5.74) is 0. The maximum atomic E-state index is 12.8. The lowest BCUT2D eigenvalue weighted by Crippen LogP contribution is -2.59. The first-order chi connectivity index (χ1) is 31.3. The van der Waals surface area contributed by atoms with Crippen LogP contribution in [-0.4, -0.2) is 89.0 Å². The second-order valence-corrected chi connectivity index (χ2v) is 19.0. The van der Waals surface area contributed by atoms with Gasteiger partial charge in [-0.05, 0) is 32.1 Å². The van der Waals surface area contributed by atoms with Crippen molar-refractivity contribution in [2.24, 2.45) is 0 Å². The number of carbonyl (C=O) groups is 2. The molecule has 1 saturated heterocycles. The summed E-state index contributed by atoms with van der Waals surface area (Å²) in [5.74, 6) is -0.827. The number of aliphatic hydroxyl groups excluding tert-OH is 4. The Labute approximate surface area is 392 Å². The lowest BCUT2D eigenvalue weighted by atomic mass is 9.99. The van der Waals surface area contributed by atoms with Crippen molar-refractivity contribution < 1.29 is 49.0 Å². The molecule has 10 heteroatoms. The second kappa shape index (κ2) is 45.2. The third kappa shape index (κ3) is 35.6. The average molecular weight is 911 g/mol. The molecule has 4 N–H and O–H groups in total. The van der Waals surface area contributed by atoms with Gasteiger partial charge < -0.3 is 39.4 Å². The van der Waals surface area contributed by atoms with Crippen LogP contribution in [0.15, 0.2) is 12.2 Å². The minimum Gasteiger partial charge on any atom is -0.462 e. The Balaban J connectivity index is 2.22. The Kier molecular flexibility index (Phi) is 42.7. The van der Waals surface area contributed by atoms with Gasteiger partial charge in [0.1, 0.15) is 31.0 Å². The topological polar surface area (TPSA) is 152 Å². The molecule has 1 aliphatic rings. The van der Waals surface area contributed by atoms with E-state index in [2.05, 4.69) is 26.0 Å². The molecule has 6 atom stereocenters. The molecule has 0 aromatic rings. The third-order valence-electron chi connectivity index (χ3n) is 12.9. The number of carbonyl (C=O) groups excluding carboxylic acids is 2. The molecule has 0 aromatic heterocycles. The van der Waals surface area contributed by atoms with E-state index in [0.717, 1.165) is 32.1 Å². The van der Waals surface area contributed by atoms with Gasteiger partial charge in [0.15, 0.2) is 12.4 Å². The highest BCUT2D eigenvalue weighted by atomic mass is 16.7. The SMILES string of the molecule is CCCCCCCCCCCCCCCCCCCC/C=C/CCCC(=O)OC[C@@H](CO[C@H]1O[C@@H](CO)[C@@H](O)C(O)C1O)OC(=O)CCCCCCCCCCCCCCCCCC. The quantitative estimate of drug-likeness (QED) is 0.0264. The number of esters is 2. The Bertz CT molecular complexity index is 1050. The molecule has 0 saturated carbocycles. The zero-order chi connectivity index (χ0) is 46.6. The molecule has 0 aliphatic carbocycles. The molecule has 378 valence electrons. The molecule has 1 aliphatic heterocycles. The zero-order valence-corrected chi connectivity index (χ0v) is 41.6. The average Bonchev–Trinajstić information content (AvgIpc) is 3.29. The highest BCUT2D eigenvalue weighted by molar-refractivity contribution is 5.70. The maximum absolute atomic E-state index is 12.8. The summed E-state index contributed by atoms with van der Waals surface area (Å²) in [5, 5.41) is 40.2. The van der Waals surface area contributed by atoms with E-state index in [4.69, 9.17) is 18.9 Å². The molecule has 0 aromatic carbocycles. The predicted molar refractivity (Wildman–Crippen MR) is 261 cm³/mol. The van der Waals surface area contributed by atoms with E-state index in [9.17, 15) is 30.0 Å². The van der Waals surface area contributed by atoms with Crippen LogP contribution in [0.4, 0.5) is 0 Å². The van der Waals surface area contributed by atoms with E-state index in [0.29, 0.717) is 12.8 Å². The van der Waals surface area contributed by atoms with Gasteiger partial charge in [0.2, 0.25) is 0 Å². The van der Waals surface area contributed by atoms with Crippen molar-refractivity contribution in [1.29, 1.82) is 0 Å². The van der Waals surface area contributed by atoms with Gasteiger partial charge >= 0.3 is 11.9 Å². The van der Waals surface area contributed by atoms with Crippen LogP contribution < -0.4 is 0 Å².